The van der Waals surface area contributed by atoms with E-state index in [0.717, 1.165) is 0 Å². The summed E-state index contributed by atoms with van der Waals surface area (Å²) in [5, 5.41) is 10.6. The van der Waals surface area contributed by atoms with Gasteiger partial charge in [0.25, 0.3) is 0 Å². The van der Waals surface area contributed by atoms with Crippen LogP contribution < -0.4 is 0 Å². The van der Waals surface area contributed by atoms with Gasteiger partial charge >= 0.3 is 0 Å². The van der Waals surface area contributed by atoms with Gasteiger partial charge in [0.2, 0.25) is 10.0 Å². The maximum Gasteiger partial charge on any atom is 0.243 e. The molecule has 0 amide bonds. The molecule has 1 aromatic heterocycles. The van der Waals surface area contributed by atoms with Crippen molar-refractivity contribution in [1.82, 2.24) is 4.31 Å². The third-order valence-electron chi connectivity index (χ3n) is 4.12. The lowest BCUT2D eigenvalue weighted by atomic mass is 10.0. The number of hydrogen-bond acceptors (Lipinski definition) is 4. The van der Waals surface area contributed by atoms with E-state index in [1.165, 1.54) is 30.6 Å². The molecule has 4 nitrogen and oxygen atoms in total. The first-order chi connectivity index (χ1) is 8.61. The Balaban J connectivity index is 1.82. The van der Waals surface area contributed by atoms with Gasteiger partial charge in [0.15, 0.2) is 0 Å². The third-order valence-corrected chi connectivity index (χ3v) is 7.00. The molecule has 0 aromatic carbocycles. The number of hydrogen-bond donors (Lipinski definition) is 1. The largest absolute Gasteiger partial charge is 0.391 e. The highest BCUT2D eigenvalue weighted by atomic mass is 32.2. The average molecular weight is 287 g/mol. The second kappa shape index (κ2) is 4.59. The van der Waals surface area contributed by atoms with Crippen LogP contribution in [0.1, 0.15) is 24.1 Å². The SMILES string of the molecule is O=S(=O)(c1csc(CO)c1)N1CC2CCCC2C1. The van der Waals surface area contributed by atoms with Crippen LogP contribution in [0.15, 0.2) is 16.3 Å². The van der Waals surface area contributed by atoms with Crippen molar-refractivity contribution in [3.8, 4) is 0 Å². The van der Waals surface area contributed by atoms with Gasteiger partial charge in [0.1, 0.15) is 0 Å². The predicted octanol–water partition coefficient (Wildman–Crippen LogP) is 1.66. The summed E-state index contributed by atoms with van der Waals surface area (Å²) in [5.41, 5.74) is 0. The minimum Gasteiger partial charge on any atom is -0.391 e. The summed E-state index contributed by atoms with van der Waals surface area (Å²) in [5.74, 6) is 1.13. The Labute approximate surface area is 111 Å². The highest BCUT2D eigenvalue weighted by Crippen LogP contribution is 2.40. The third kappa shape index (κ3) is 2.01. The van der Waals surface area contributed by atoms with E-state index in [1.807, 2.05) is 0 Å². The zero-order valence-corrected chi connectivity index (χ0v) is 11.7. The molecule has 1 aliphatic carbocycles. The molecule has 2 aliphatic rings. The molecule has 1 saturated carbocycles. The first-order valence-corrected chi connectivity index (χ1v) is 8.61. The van der Waals surface area contributed by atoms with E-state index < -0.39 is 10.0 Å². The Bertz CT molecular complexity index is 525. The van der Waals surface area contributed by atoms with E-state index >= 15 is 0 Å². The van der Waals surface area contributed by atoms with Gasteiger partial charge in [-0.05, 0) is 30.7 Å². The molecule has 1 aromatic rings. The molecule has 0 radical (unpaired) electrons. The number of sulfonamides is 1. The summed E-state index contributed by atoms with van der Waals surface area (Å²) in [6.07, 6.45) is 3.58. The van der Waals surface area contributed by atoms with Crippen LogP contribution in [-0.2, 0) is 16.6 Å². The number of rotatable bonds is 3. The summed E-state index contributed by atoms with van der Waals surface area (Å²) in [6.45, 7) is 1.26. The molecule has 1 aliphatic heterocycles. The van der Waals surface area contributed by atoms with Crippen LogP contribution in [0.5, 0.6) is 0 Å². The number of fused-ring (bicyclic) bond motifs is 1. The maximum atomic E-state index is 12.4. The highest BCUT2D eigenvalue weighted by molar-refractivity contribution is 7.89. The maximum absolute atomic E-state index is 12.4. The Kier molecular flexibility index (Phi) is 3.21. The normalized spacial score (nSPS) is 28.7. The Morgan fingerprint density at radius 1 is 1.33 bits per heavy atom. The fourth-order valence-electron chi connectivity index (χ4n) is 3.12. The van der Waals surface area contributed by atoms with Gasteiger partial charge < -0.3 is 5.11 Å². The van der Waals surface area contributed by atoms with Crippen molar-refractivity contribution in [1.29, 1.82) is 0 Å². The molecule has 6 heteroatoms. The first kappa shape index (κ1) is 12.6. The van der Waals surface area contributed by atoms with Crippen molar-refractivity contribution in [2.45, 2.75) is 30.8 Å². The molecule has 1 saturated heterocycles. The second-order valence-electron chi connectivity index (χ2n) is 5.18. The standard InChI is InChI=1S/C12H17NO3S2/c14-7-11-4-12(8-17-11)18(15,16)13-5-9-2-1-3-10(9)6-13/h4,8-10,14H,1-3,5-7H2. The van der Waals surface area contributed by atoms with Gasteiger partial charge in [-0.3, -0.25) is 0 Å². The second-order valence-corrected chi connectivity index (χ2v) is 8.11. The quantitative estimate of drug-likeness (QED) is 0.920. The van der Waals surface area contributed by atoms with Gasteiger partial charge in [-0.2, -0.15) is 4.31 Å². The van der Waals surface area contributed by atoms with Crippen LogP contribution in [-0.4, -0.2) is 30.9 Å². The van der Waals surface area contributed by atoms with Crippen LogP contribution >= 0.6 is 11.3 Å². The van der Waals surface area contributed by atoms with Crippen LogP contribution in [0.2, 0.25) is 0 Å². The van der Waals surface area contributed by atoms with E-state index in [4.69, 9.17) is 5.11 Å². The zero-order valence-electron chi connectivity index (χ0n) is 10.1. The smallest absolute Gasteiger partial charge is 0.243 e. The Morgan fingerprint density at radius 2 is 2.00 bits per heavy atom. The van der Waals surface area contributed by atoms with Crippen LogP contribution in [0.25, 0.3) is 0 Å². The van der Waals surface area contributed by atoms with Gasteiger partial charge in [-0.1, -0.05) is 6.42 Å². The molecule has 18 heavy (non-hydrogen) atoms. The van der Waals surface area contributed by atoms with Crippen molar-refractivity contribution in [3.63, 3.8) is 0 Å². The summed E-state index contributed by atoms with van der Waals surface area (Å²) in [4.78, 5) is 1.05. The first-order valence-electron chi connectivity index (χ1n) is 6.29. The van der Waals surface area contributed by atoms with Crippen molar-refractivity contribution in [2.75, 3.05) is 13.1 Å². The molecule has 100 valence electrons. The van der Waals surface area contributed by atoms with Gasteiger partial charge in [0.05, 0.1) is 11.5 Å². The molecule has 0 spiro atoms. The number of nitrogens with zero attached hydrogens (tertiary/aromatic N) is 1. The fourth-order valence-corrected chi connectivity index (χ4v) is 5.79. The number of thiophene rings is 1. The van der Waals surface area contributed by atoms with Gasteiger partial charge in [-0.15, -0.1) is 11.3 Å². The van der Waals surface area contributed by atoms with Crippen LogP contribution in [0.3, 0.4) is 0 Å². The number of aliphatic hydroxyl groups excluding tert-OH is 1. The predicted molar refractivity (Wildman–Crippen MR) is 69.8 cm³/mol. The summed E-state index contributed by atoms with van der Waals surface area (Å²) in [7, 11) is -3.34. The summed E-state index contributed by atoms with van der Waals surface area (Å²) in [6, 6.07) is 1.59. The monoisotopic (exact) mass is 287 g/mol. The van der Waals surface area contributed by atoms with Gasteiger partial charge in [0, 0.05) is 23.3 Å². The van der Waals surface area contributed by atoms with Crippen molar-refractivity contribution in [3.05, 3.63) is 16.3 Å². The van der Waals surface area contributed by atoms with E-state index in [1.54, 1.807) is 15.8 Å². The van der Waals surface area contributed by atoms with E-state index in [2.05, 4.69) is 0 Å². The molecule has 2 fully saturated rings. The molecule has 1 N–H and O–H groups in total. The minimum absolute atomic E-state index is 0.0918. The average Bonchev–Trinajstić information content (AvgIpc) is 3.03. The topological polar surface area (TPSA) is 57.6 Å². The van der Waals surface area contributed by atoms with E-state index in [9.17, 15) is 8.42 Å². The lowest BCUT2D eigenvalue weighted by Crippen LogP contribution is -2.29. The summed E-state index contributed by atoms with van der Waals surface area (Å²) < 4.78 is 26.5. The molecule has 0 bridgehead atoms. The lowest BCUT2D eigenvalue weighted by Gasteiger charge is -2.16. The Hall–Kier alpha value is -0.430. The highest BCUT2D eigenvalue weighted by Gasteiger charge is 2.41. The lowest BCUT2D eigenvalue weighted by molar-refractivity contribution is 0.285. The molecule has 2 heterocycles. The van der Waals surface area contributed by atoms with Crippen molar-refractivity contribution in [2.24, 2.45) is 11.8 Å². The van der Waals surface area contributed by atoms with E-state index in [0.29, 0.717) is 34.7 Å². The molecular weight excluding hydrogens is 270 g/mol. The molecule has 2 atom stereocenters. The minimum atomic E-state index is -3.34. The summed E-state index contributed by atoms with van der Waals surface area (Å²) >= 11 is 1.30. The van der Waals surface area contributed by atoms with Crippen LogP contribution in [0, 0.1) is 11.8 Å². The molecular formula is C12H17NO3S2. The van der Waals surface area contributed by atoms with Crippen molar-refractivity contribution >= 4 is 21.4 Å². The molecule has 3 rings (SSSR count). The van der Waals surface area contributed by atoms with E-state index in [-0.39, 0.29) is 6.61 Å². The zero-order chi connectivity index (χ0) is 12.8. The Morgan fingerprint density at radius 3 is 2.56 bits per heavy atom. The number of aliphatic hydroxyl groups is 1. The fraction of sp³-hybridized carbons (Fsp3) is 0.667. The van der Waals surface area contributed by atoms with Crippen LogP contribution in [0.4, 0.5) is 0 Å². The van der Waals surface area contributed by atoms with Crippen molar-refractivity contribution < 1.29 is 13.5 Å². The van der Waals surface area contributed by atoms with Gasteiger partial charge in [-0.25, -0.2) is 8.42 Å². The molecule has 2 unspecified atom stereocenters.